The number of rotatable bonds is 3. The van der Waals surface area contributed by atoms with Crippen molar-refractivity contribution in [3.05, 3.63) is 96.1 Å². The SMILES string of the molecule is C=CCc1ccccc1-c1cccc2c1C(O)(O)c1ccccc1-2. The summed E-state index contributed by atoms with van der Waals surface area (Å²) in [5.74, 6) is -1.98. The van der Waals surface area contributed by atoms with Crippen LogP contribution in [0.1, 0.15) is 16.7 Å². The maximum atomic E-state index is 10.9. The minimum absolute atomic E-state index is 0.536. The average molecular weight is 314 g/mol. The van der Waals surface area contributed by atoms with Crippen LogP contribution in [0.5, 0.6) is 0 Å². The first-order valence-corrected chi connectivity index (χ1v) is 8.02. The lowest BCUT2D eigenvalue weighted by Gasteiger charge is -2.22. The van der Waals surface area contributed by atoms with Crippen LogP contribution in [0.15, 0.2) is 79.4 Å². The fourth-order valence-electron chi connectivity index (χ4n) is 3.65. The standard InChI is InChI=1S/C22H18O2/c1-2-8-15-9-3-4-10-16(15)18-12-7-13-19-17-11-5-6-14-20(17)22(23,24)21(18)19/h2-7,9-14,23-24H,1,8H2. The molecule has 0 bridgehead atoms. The highest BCUT2D eigenvalue weighted by Gasteiger charge is 2.41. The Balaban J connectivity index is 2.02. The van der Waals surface area contributed by atoms with E-state index in [9.17, 15) is 10.2 Å². The summed E-state index contributed by atoms with van der Waals surface area (Å²) in [4.78, 5) is 0. The predicted molar refractivity (Wildman–Crippen MR) is 96.4 cm³/mol. The molecule has 3 aromatic carbocycles. The molecule has 0 aromatic heterocycles. The topological polar surface area (TPSA) is 40.5 Å². The van der Waals surface area contributed by atoms with E-state index in [1.807, 2.05) is 60.7 Å². The van der Waals surface area contributed by atoms with Gasteiger partial charge in [-0.25, -0.2) is 0 Å². The Morgan fingerprint density at radius 1 is 0.750 bits per heavy atom. The van der Waals surface area contributed by atoms with Crippen LogP contribution in [-0.4, -0.2) is 10.2 Å². The van der Waals surface area contributed by atoms with Crippen molar-refractivity contribution in [3.63, 3.8) is 0 Å². The Kier molecular flexibility index (Phi) is 3.38. The molecule has 0 atom stereocenters. The van der Waals surface area contributed by atoms with Crippen molar-refractivity contribution in [1.82, 2.24) is 0 Å². The quantitative estimate of drug-likeness (QED) is 0.560. The van der Waals surface area contributed by atoms with Crippen molar-refractivity contribution in [2.75, 3.05) is 0 Å². The Bertz CT molecular complexity index is 938. The highest BCUT2D eigenvalue weighted by atomic mass is 16.5. The molecule has 0 unspecified atom stereocenters. The largest absolute Gasteiger partial charge is 0.358 e. The molecule has 0 spiro atoms. The maximum Gasteiger partial charge on any atom is 0.219 e. The van der Waals surface area contributed by atoms with E-state index in [-0.39, 0.29) is 0 Å². The van der Waals surface area contributed by atoms with Crippen LogP contribution in [0.4, 0.5) is 0 Å². The summed E-state index contributed by atoms with van der Waals surface area (Å²) in [6.45, 7) is 3.83. The van der Waals surface area contributed by atoms with Crippen LogP contribution >= 0.6 is 0 Å². The van der Waals surface area contributed by atoms with E-state index in [1.165, 1.54) is 0 Å². The molecule has 24 heavy (non-hydrogen) atoms. The lowest BCUT2D eigenvalue weighted by molar-refractivity contribution is -0.128. The van der Waals surface area contributed by atoms with Crippen LogP contribution in [0, 0.1) is 0 Å². The second-order valence-electron chi connectivity index (χ2n) is 6.10. The first-order chi connectivity index (χ1) is 11.6. The monoisotopic (exact) mass is 314 g/mol. The smallest absolute Gasteiger partial charge is 0.219 e. The maximum absolute atomic E-state index is 10.9. The Labute approximate surface area is 141 Å². The summed E-state index contributed by atoms with van der Waals surface area (Å²) in [6, 6.07) is 21.4. The van der Waals surface area contributed by atoms with Gasteiger partial charge >= 0.3 is 0 Å². The number of aliphatic hydroxyl groups is 2. The lowest BCUT2D eigenvalue weighted by atomic mass is 9.89. The van der Waals surface area contributed by atoms with Gasteiger partial charge in [-0.05, 0) is 34.2 Å². The molecular weight excluding hydrogens is 296 g/mol. The third-order valence-corrected chi connectivity index (χ3v) is 4.68. The molecule has 1 aliphatic carbocycles. The van der Waals surface area contributed by atoms with E-state index in [0.29, 0.717) is 11.1 Å². The molecular formula is C22H18O2. The van der Waals surface area contributed by atoms with Crippen molar-refractivity contribution in [2.24, 2.45) is 0 Å². The first kappa shape index (κ1) is 14.9. The molecule has 0 fully saturated rings. The predicted octanol–water partition coefficient (Wildman–Crippen LogP) is 4.25. The summed E-state index contributed by atoms with van der Waals surface area (Å²) in [7, 11) is 0. The number of fused-ring (bicyclic) bond motifs is 3. The van der Waals surface area contributed by atoms with Crippen LogP contribution < -0.4 is 0 Å². The highest BCUT2D eigenvalue weighted by molar-refractivity contribution is 5.87. The summed E-state index contributed by atoms with van der Waals surface area (Å²) in [5, 5.41) is 21.8. The van der Waals surface area contributed by atoms with Crippen molar-refractivity contribution in [3.8, 4) is 22.3 Å². The zero-order chi connectivity index (χ0) is 16.7. The molecule has 1 aliphatic rings. The third kappa shape index (κ3) is 2.04. The number of hydrogen-bond acceptors (Lipinski definition) is 2. The van der Waals surface area contributed by atoms with E-state index in [1.54, 1.807) is 6.07 Å². The van der Waals surface area contributed by atoms with E-state index in [2.05, 4.69) is 12.6 Å². The Morgan fingerprint density at radius 3 is 2.08 bits per heavy atom. The molecule has 0 heterocycles. The average Bonchev–Trinajstić information content (AvgIpc) is 2.84. The van der Waals surface area contributed by atoms with Gasteiger partial charge in [0.1, 0.15) is 0 Å². The zero-order valence-electron chi connectivity index (χ0n) is 13.2. The normalized spacial score (nSPS) is 14.1. The molecule has 2 heteroatoms. The van der Waals surface area contributed by atoms with Crippen molar-refractivity contribution in [2.45, 2.75) is 12.2 Å². The first-order valence-electron chi connectivity index (χ1n) is 8.02. The van der Waals surface area contributed by atoms with Crippen LogP contribution in [0.3, 0.4) is 0 Å². The van der Waals surface area contributed by atoms with Crippen LogP contribution in [0.2, 0.25) is 0 Å². The minimum atomic E-state index is -1.98. The summed E-state index contributed by atoms with van der Waals surface area (Å²) >= 11 is 0. The second-order valence-corrected chi connectivity index (χ2v) is 6.10. The summed E-state index contributed by atoms with van der Waals surface area (Å²) in [6.07, 6.45) is 2.60. The molecule has 0 aliphatic heterocycles. The van der Waals surface area contributed by atoms with Gasteiger partial charge in [0.15, 0.2) is 0 Å². The van der Waals surface area contributed by atoms with Gasteiger partial charge < -0.3 is 10.2 Å². The fourth-order valence-corrected chi connectivity index (χ4v) is 3.65. The van der Waals surface area contributed by atoms with Gasteiger partial charge in [0, 0.05) is 11.1 Å². The van der Waals surface area contributed by atoms with Crippen LogP contribution in [0.25, 0.3) is 22.3 Å². The molecule has 2 nitrogen and oxygen atoms in total. The van der Waals surface area contributed by atoms with Gasteiger partial charge in [0.05, 0.1) is 0 Å². The van der Waals surface area contributed by atoms with E-state index in [0.717, 1.165) is 34.2 Å². The van der Waals surface area contributed by atoms with Gasteiger partial charge in [-0.15, -0.1) is 6.58 Å². The van der Waals surface area contributed by atoms with Gasteiger partial charge in [0.2, 0.25) is 5.79 Å². The third-order valence-electron chi connectivity index (χ3n) is 4.68. The molecule has 2 N–H and O–H groups in total. The molecule has 0 amide bonds. The van der Waals surface area contributed by atoms with Gasteiger partial charge in [0.25, 0.3) is 0 Å². The molecule has 4 rings (SSSR count). The zero-order valence-corrected chi connectivity index (χ0v) is 13.2. The van der Waals surface area contributed by atoms with Crippen molar-refractivity contribution < 1.29 is 10.2 Å². The number of benzene rings is 3. The minimum Gasteiger partial charge on any atom is -0.358 e. The van der Waals surface area contributed by atoms with Gasteiger partial charge in [-0.2, -0.15) is 0 Å². The van der Waals surface area contributed by atoms with Gasteiger partial charge in [-0.3, -0.25) is 0 Å². The fraction of sp³-hybridized carbons (Fsp3) is 0.0909. The summed E-state index contributed by atoms with van der Waals surface area (Å²) in [5.41, 5.74) is 5.83. The molecule has 3 aromatic rings. The van der Waals surface area contributed by atoms with E-state index >= 15 is 0 Å². The number of hydrogen-bond donors (Lipinski definition) is 2. The van der Waals surface area contributed by atoms with Gasteiger partial charge in [-0.1, -0.05) is 72.8 Å². The van der Waals surface area contributed by atoms with Crippen LogP contribution in [-0.2, 0) is 12.2 Å². The molecule has 0 radical (unpaired) electrons. The van der Waals surface area contributed by atoms with Crippen molar-refractivity contribution >= 4 is 0 Å². The highest BCUT2D eigenvalue weighted by Crippen LogP contribution is 2.49. The van der Waals surface area contributed by atoms with Crippen molar-refractivity contribution in [1.29, 1.82) is 0 Å². The second kappa shape index (κ2) is 5.45. The van der Waals surface area contributed by atoms with E-state index in [4.69, 9.17) is 0 Å². The molecule has 118 valence electrons. The Hall–Kier alpha value is -2.68. The van der Waals surface area contributed by atoms with E-state index < -0.39 is 5.79 Å². The molecule has 0 saturated carbocycles. The molecule has 0 saturated heterocycles. The lowest BCUT2D eigenvalue weighted by Crippen LogP contribution is -2.24. The number of allylic oxidation sites excluding steroid dienone is 1. The summed E-state index contributed by atoms with van der Waals surface area (Å²) < 4.78 is 0. The Morgan fingerprint density at radius 2 is 1.33 bits per heavy atom.